The van der Waals surface area contributed by atoms with Crippen LogP contribution in [0.25, 0.3) is 0 Å². The number of carboxylic acid groups (broad SMARTS) is 1. The van der Waals surface area contributed by atoms with Crippen LogP contribution in [0.4, 0.5) is 0 Å². The highest BCUT2D eigenvalue weighted by Gasteiger charge is 2.03. The van der Waals surface area contributed by atoms with E-state index in [0.717, 1.165) is 20.1 Å². The van der Waals surface area contributed by atoms with Crippen molar-refractivity contribution < 1.29 is 14.6 Å². The van der Waals surface area contributed by atoms with Crippen molar-refractivity contribution in [1.82, 2.24) is 4.98 Å². The zero-order valence-electron chi connectivity index (χ0n) is 10.0. The Kier molecular flexibility index (Phi) is 4.93. The van der Waals surface area contributed by atoms with Crippen molar-refractivity contribution in [2.24, 2.45) is 0 Å². The number of benzene rings is 1. The molecule has 0 aliphatic rings. The van der Waals surface area contributed by atoms with E-state index in [1.54, 1.807) is 6.20 Å². The van der Waals surface area contributed by atoms with Crippen LogP contribution in [0.5, 0.6) is 5.75 Å². The fraction of sp³-hybridized carbons (Fsp3) is 0.231. The minimum absolute atomic E-state index is 0.128. The normalized spacial score (nSPS) is 10.4. The molecule has 2 aromatic rings. The monoisotopic (exact) mass is 341 g/mol. The molecule has 0 saturated carbocycles. The maximum absolute atomic E-state index is 10.5. The van der Waals surface area contributed by atoms with Crippen LogP contribution in [0.3, 0.4) is 0 Å². The first-order valence-corrected chi connectivity index (χ1v) is 7.28. The number of ether oxygens (including phenoxy) is 1. The van der Waals surface area contributed by atoms with E-state index in [9.17, 15) is 4.79 Å². The van der Waals surface area contributed by atoms with Crippen LogP contribution in [0.2, 0.25) is 0 Å². The molecule has 0 spiro atoms. The highest BCUT2D eigenvalue weighted by molar-refractivity contribution is 9.11. The fourth-order valence-corrected chi connectivity index (χ4v) is 2.76. The average molecular weight is 342 g/mol. The molecule has 1 heterocycles. The number of carbonyl (C=O) groups is 1. The van der Waals surface area contributed by atoms with E-state index in [0.29, 0.717) is 13.0 Å². The highest BCUT2D eigenvalue weighted by Crippen LogP contribution is 2.21. The Labute approximate surface area is 123 Å². The first-order valence-electron chi connectivity index (χ1n) is 5.67. The minimum atomic E-state index is -0.793. The van der Waals surface area contributed by atoms with Crippen molar-refractivity contribution in [2.45, 2.75) is 19.4 Å². The Bertz CT molecular complexity index is 571. The molecule has 0 radical (unpaired) electrons. The van der Waals surface area contributed by atoms with Gasteiger partial charge in [-0.25, -0.2) is 4.98 Å². The summed E-state index contributed by atoms with van der Waals surface area (Å²) in [6, 6.07) is 7.48. The number of rotatable bonds is 6. The maximum Gasteiger partial charge on any atom is 0.303 e. The number of thiazole rings is 1. The van der Waals surface area contributed by atoms with Crippen molar-refractivity contribution in [3.63, 3.8) is 0 Å². The standard InChI is InChI=1S/C13H12BrNO3S/c14-11-7-15-12(19-11)8-18-10-3-1-2-9(6-10)4-5-13(16)17/h1-3,6-7H,4-5,8H2,(H,16,17). The van der Waals surface area contributed by atoms with Gasteiger partial charge < -0.3 is 9.84 Å². The number of aryl methyl sites for hydroxylation is 1. The number of halogens is 1. The van der Waals surface area contributed by atoms with E-state index < -0.39 is 5.97 Å². The van der Waals surface area contributed by atoms with E-state index >= 15 is 0 Å². The summed E-state index contributed by atoms with van der Waals surface area (Å²) in [4.78, 5) is 14.7. The summed E-state index contributed by atoms with van der Waals surface area (Å²) >= 11 is 4.88. The highest BCUT2D eigenvalue weighted by atomic mass is 79.9. The smallest absolute Gasteiger partial charge is 0.303 e. The molecule has 2 rings (SSSR count). The lowest BCUT2D eigenvalue weighted by Crippen LogP contribution is -1.98. The summed E-state index contributed by atoms with van der Waals surface area (Å²) in [6.45, 7) is 0.415. The van der Waals surface area contributed by atoms with Gasteiger partial charge in [-0.15, -0.1) is 11.3 Å². The van der Waals surface area contributed by atoms with Gasteiger partial charge in [-0.3, -0.25) is 4.79 Å². The summed E-state index contributed by atoms with van der Waals surface area (Å²) in [7, 11) is 0. The molecule has 0 saturated heterocycles. The Morgan fingerprint density at radius 1 is 1.47 bits per heavy atom. The molecule has 0 bridgehead atoms. The van der Waals surface area contributed by atoms with Crippen LogP contribution in [0.15, 0.2) is 34.2 Å². The molecule has 0 fully saturated rings. The third kappa shape index (κ3) is 4.65. The molecule has 0 unspecified atom stereocenters. The second-order valence-corrected chi connectivity index (χ2v) is 6.38. The molecule has 0 atom stereocenters. The van der Waals surface area contributed by atoms with Crippen LogP contribution >= 0.6 is 27.3 Å². The van der Waals surface area contributed by atoms with Gasteiger partial charge in [0.05, 0.1) is 9.98 Å². The third-order valence-electron chi connectivity index (χ3n) is 2.41. The van der Waals surface area contributed by atoms with Gasteiger partial charge in [0.1, 0.15) is 17.4 Å². The zero-order chi connectivity index (χ0) is 13.7. The molecule has 1 aromatic heterocycles. The molecule has 0 aliphatic carbocycles. The minimum Gasteiger partial charge on any atom is -0.486 e. The Hall–Kier alpha value is -1.40. The van der Waals surface area contributed by atoms with Gasteiger partial charge in [0, 0.05) is 6.42 Å². The largest absolute Gasteiger partial charge is 0.486 e. The topological polar surface area (TPSA) is 59.4 Å². The predicted molar refractivity (Wildman–Crippen MR) is 76.5 cm³/mol. The second-order valence-electron chi connectivity index (χ2n) is 3.89. The fourth-order valence-electron chi connectivity index (χ4n) is 1.54. The molecule has 6 heteroatoms. The average Bonchev–Trinajstić information content (AvgIpc) is 2.80. The van der Waals surface area contributed by atoms with Gasteiger partial charge in [-0.2, -0.15) is 0 Å². The third-order valence-corrected chi connectivity index (χ3v) is 3.86. The van der Waals surface area contributed by atoms with Gasteiger partial charge in [0.2, 0.25) is 0 Å². The molecule has 0 amide bonds. The molecule has 0 aliphatic heterocycles. The van der Waals surface area contributed by atoms with Crippen LogP contribution in [-0.4, -0.2) is 16.1 Å². The number of hydrogen-bond acceptors (Lipinski definition) is 4. The van der Waals surface area contributed by atoms with Gasteiger partial charge in [-0.05, 0) is 40.0 Å². The van der Waals surface area contributed by atoms with E-state index in [-0.39, 0.29) is 6.42 Å². The van der Waals surface area contributed by atoms with E-state index in [1.165, 1.54) is 11.3 Å². The Balaban J connectivity index is 1.93. The quantitative estimate of drug-likeness (QED) is 0.873. The van der Waals surface area contributed by atoms with Gasteiger partial charge >= 0.3 is 5.97 Å². The summed E-state index contributed by atoms with van der Waals surface area (Å²) in [6.07, 6.45) is 2.38. The molecular weight excluding hydrogens is 330 g/mol. The van der Waals surface area contributed by atoms with Crippen LogP contribution in [0, 0.1) is 0 Å². The molecular formula is C13H12BrNO3S. The van der Waals surface area contributed by atoms with Crippen molar-refractivity contribution in [1.29, 1.82) is 0 Å². The van der Waals surface area contributed by atoms with Gasteiger partial charge in [-0.1, -0.05) is 12.1 Å². The molecule has 1 aromatic carbocycles. The second kappa shape index (κ2) is 6.68. The number of aliphatic carboxylic acids is 1. The summed E-state index contributed by atoms with van der Waals surface area (Å²) < 4.78 is 6.61. The summed E-state index contributed by atoms with van der Waals surface area (Å²) in [5.74, 6) is -0.0619. The van der Waals surface area contributed by atoms with Crippen molar-refractivity contribution in [3.8, 4) is 5.75 Å². The Morgan fingerprint density at radius 3 is 3.00 bits per heavy atom. The number of carboxylic acids is 1. The molecule has 1 N–H and O–H groups in total. The zero-order valence-corrected chi connectivity index (χ0v) is 12.4. The number of hydrogen-bond donors (Lipinski definition) is 1. The molecule has 19 heavy (non-hydrogen) atoms. The summed E-state index contributed by atoms with van der Waals surface area (Å²) in [5, 5.41) is 9.55. The van der Waals surface area contributed by atoms with E-state index in [1.807, 2.05) is 24.3 Å². The SMILES string of the molecule is O=C(O)CCc1cccc(OCc2ncc(Br)s2)c1. The van der Waals surface area contributed by atoms with Gasteiger partial charge in [0.15, 0.2) is 0 Å². The maximum atomic E-state index is 10.5. The molecule has 100 valence electrons. The van der Waals surface area contributed by atoms with Crippen molar-refractivity contribution in [3.05, 3.63) is 44.8 Å². The summed E-state index contributed by atoms with van der Waals surface area (Å²) in [5.41, 5.74) is 0.959. The van der Waals surface area contributed by atoms with E-state index in [4.69, 9.17) is 9.84 Å². The first-order chi connectivity index (χ1) is 9.13. The lowest BCUT2D eigenvalue weighted by molar-refractivity contribution is -0.136. The number of aromatic nitrogens is 1. The Morgan fingerprint density at radius 2 is 2.32 bits per heavy atom. The predicted octanol–water partition coefficient (Wildman–Crippen LogP) is 3.50. The van der Waals surface area contributed by atoms with Gasteiger partial charge in [0.25, 0.3) is 0 Å². The lowest BCUT2D eigenvalue weighted by Gasteiger charge is -2.06. The first kappa shape index (κ1) is 14.0. The molecule has 4 nitrogen and oxygen atoms in total. The van der Waals surface area contributed by atoms with E-state index in [2.05, 4.69) is 20.9 Å². The van der Waals surface area contributed by atoms with Crippen molar-refractivity contribution >= 4 is 33.2 Å². The van der Waals surface area contributed by atoms with Crippen molar-refractivity contribution in [2.75, 3.05) is 0 Å². The van der Waals surface area contributed by atoms with Crippen LogP contribution < -0.4 is 4.74 Å². The lowest BCUT2D eigenvalue weighted by atomic mass is 10.1. The van der Waals surface area contributed by atoms with Crippen LogP contribution in [0.1, 0.15) is 17.0 Å². The number of nitrogens with zero attached hydrogens (tertiary/aromatic N) is 1. The van der Waals surface area contributed by atoms with Crippen LogP contribution in [-0.2, 0) is 17.8 Å².